The molecule has 0 saturated heterocycles. The lowest BCUT2D eigenvalue weighted by atomic mass is 10.1. The zero-order chi connectivity index (χ0) is 17.1. The molecule has 0 unspecified atom stereocenters. The van der Waals surface area contributed by atoms with Crippen molar-refractivity contribution in [2.24, 2.45) is 0 Å². The van der Waals surface area contributed by atoms with Gasteiger partial charge >= 0.3 is 5.97 Å². The quantitative estimate of drug-likeness (QED) is 0.648. The molecule has 1 N–H and O–H groups in total. The van der Waals surface area contributed by atoms with Gasteiger partial charge in [-0.1, -0.05) is 59.6 Å². The van der Waals surface area contributed by atoms with Crippen LogP contribution in [0.15, 0.2) is 48.5 Å². The summed E-state index contributed by atoms with van der Waals surface area (Å²) in [6, 6.07) is 14.7. The highest BCUT2D eigenvalue weighted by Crippen LogP contribution is 2.31. The highest BCUT2D eigenvalue weighted by molar-refractivity contribution is 7.20. The minimum absolute atomic E-state index is 0.157. The van der Waals surface area contributed by atoms with E-state index in [1.165, 1.54) is 6.07 Å². The summed E-state index contributed by atoms with van der Waals surface area (Å²) in [7, 11) is 0. The van der Waals surface area contributed by atoms with E-state index in [4.69, 9.17) is 27.9 Å². The number of ether oxygens (including phenoxy) is 1. The lowest BCUT2D eigenvalue weighted by Gasteiger charge is -2.09. The number of esters is 1. The molecule has 122 valence electrons. The van der Waals surface area contributed by atoms with Crippen molar-refractivity contribution >= 4 is 62.9 Å². The van der Waals surface area contributed by atoms with Crippen LogP contribution >= 0.6 is 34.5 Å². The van der Waals surface area contributed by atoms with E-state index >= 15 is 0 Å². The number of carbonyl (C=O) groups is 2. The zero-order valence-corrected chi connectivity index (χ0v) is 14.5. The van der Waals surface area contributed by atoms with Gasteiger partial charge in [-0.2, -0.15) is 0 Å². The van der Waals surface area contributed by atoms with Crippen LogP contribution in [0, 0.1) is 0 Å². The maximum atomic E-state index is 12.0. The molecule has 0 atom stereocenters. The number of benzene rings is 2. The van der Waals surface area contributed by atoms with E-state index in [0.29, 0.717) is 10.0 Å². The minimum atomic E-state index is -0.684. The second-order valence-corrected chi connectivity index (χ2v) is 7.17. The number of hydrogen-bond acceptors (Lipinski definition) is 4. The fourth-order valence-corrected chi connectivity index (χ4v) is 3.65. The largest absolute Gasteiger partial charge is 0.452 e. The lowest BCUT2D eigenvalue weighted by Crippen LogP contribution is -2.21. The number of halogens is 2. The first-order valence-electron chi connectivity index (χ1n) is 6.94. The highest BCUT2D eigenvalue weighted by Gasteiger charge is 2.17. The molecular formula is C17H11Cl2NO3S. The van der Waals surface area contributed by atoms with Crippen molar-refractivity contribution < 1.29 is 14.3 Å². The van der Waals surface area contributed by atoms with Crippen molar-refractivity contribution in [2.75, 3.05) is 11.9 Å². The van der Waals surface area contributed by atoms with Gasteiger partial charge in [-0.15, -0.1) is 11.3 Å². The van der Waals surface area contributed by atoms with Gasteiger partial charge in [0.1, 0.15) is 4.34 Å². The lowest BCUT2D eigenvalue weighted by molar-refractivity contribution is -0.119. The predicted molar refractivity (Wildman–Crippen MR) is 97.2 cm³/mol. The maximum Gasteiger partial charge on any atom is 0.341 e. The Hall–Kier alpha value is -2.08. The Bertz CT molecular complexity index is 918. The van der Waals surface area contributed by atoms with E-state index in [1.807, 2.05) is 36.4 Å². The van der Waals surface area contributed by atoms with Gasteiger partial charge in [0.15, 0.2) is 6.61 Å². The first kappa shape index (κ1) is 16.8. The Labute approximate surface area is 151 Å². The molecule has 2 aromatic carbocycles. The van der Waals surface area contributed by atoms with Crippen LogP contribution in [0.1, 0.15) is 10.4 Å². The fraction of sp³-hybridized carbons (Fsp3) is 0.0588. The molecule has 0 aliphatic carbocycles. The summed E-state index contributed by atoms with van der Waals surface area (Å²) in [5, 5.41) is 4.66. The van der Waals surface area contributed by atoms with E-state index in [-0.39, 0.29) is 9.90 Å². The molecular weight excluding hydrogens is 369 g/mol. The van der Waals surface area contributed by atoms with Crippen LogP contribution < -0.4 is 5.32 Å². The van der Waals surface area contributed by atoms with E-state index in [1.54, 1.807) is 6.07 Å². The van der Waals surface area contributed by atoms with Gasteiger partial charge in [0.05, 0.1) is 9.90 Å². The van der Waals surface area contributed by atoms with Crippen molar-refractivity contribution in [1.29, 1.82) is 0 Å². The molecule has 3 rings (SSSR count). The van der Waals surface area contributed by atoms with Crippen LogP contribution in [0.5, 0.6) is 0 Å². The van der Waals surface area contributed by atoms with Gasteiger partial charge in [0.25, 0.3) is 5.91 Å². The average molecular weight is 380 g/mol. The van der Waals surface area contributed by atoms with Gasteiger partial charge in [-0.25, -0.2) is 4.79 Å². The number of anilines is 1. The molecule has 7 heteroatoms. The molecule has 1 amide bonds. The van der Waals surface area contributed by atoms with Crippen LogP contribution in [-0.2, 0) is 9.53 Å². The summed E-state index contributed by atoms with van der Waals surface area (Å²) in [5.41, 5.74) is 0.815. The number of amides is 1. The van der Waals surface area contributed by atoms with Crippen molar-refractivity contribution in [1.82, 2.24) is 0 Å². The predicted octanol–water partition coefficient (Wildman–Crippen LogP) is 5.00. The van der Waals surface area contributed by atoms with E-state index < -0.39 is 18.5 Å². The molecule has 0 spiro atoms. The molecule has 24 heavy (non-hydrogen) atoms. The van der Waals surface area contributed by atoms with Gasteiger partial charge in [0.2, 0.25) is 0 Å². The molecule has 0 saturated carbocycles. The van der Waals surface area contributed by atoms with Gasteiger partial charge in [-0.3, -0.25) is 4.79 Å². The summed E-state index contributed by atoms with van der Waals surface area (Å²) in [6.45, 7) is -0.411. The Morgan fingerprint density at radius 2 is 1.83 bits per heavy atom. The Morgan fingerprint density at radius 1 is 1.08 bits per heavy atom. The molecule has 0 aliphatic rings. The highest BCUT2D eigenvalue weighted by atomic mass is 35.5. The van der Waals surface area contributed by atoms with Gasteiger partial charge in [-0.05, 0) is 17.5 Å². The van der Waals surface area contributed by atoms with Crippen LogP contribution in [0.2, 0.25) is 8.67 Å². The topological polar surface area (TPSA) is 55.4 Å². The summed E-state index contributed by atoms with van der Waals surface area (Å²) in [4.78, 5) is 23.9. The third kappa shape index (κ3) is 3.70. The summed E-state index contributed by atoms with van der Waals surface area (Å²) < 4.78 is 5.60. The summed E-state index contributed by atoms with van der Waals surface area (Å²) in [5.74, 6) is -1.12. The summed E-state index contributed by atoms with van der Waals surface area (Å²) in [6.07, 6.45) is 0. The van der Waals surface area contributed by atoms with E-state index in [9.17, 15) is 9.59 Å². The number of rotatable bonds is 4. The van der Waals surface area contributed by atoms with Crippen LogP contribution in [0.25, 0.3) is 10.8 Å². The third-order valence-electron chi connectivity index (χ3n) is 3.27. The van der Waals surface area contributed by atoms with Crippen LogP contribution in [-0.4, -0.2) is 18.5 Å². The normalized spacial score (nSPS) is 10.6. The SMILES string of the molecule is O=C(COC(=O)c1cc(Cl)sc1Cl)Nc1cccc2ccccc12. The van der Waals surface area contributed by atoms with Crippen LogP contribution in [0.4, 0.5) is 5.69 Å². The fourth-order valence-electron chi connectivity index (χ4n) is 2.21. The zero-order valence-electron chi connectivity index (χ0n) is 12.2. The van der Waals surface area contributed by atoms with Crippen LogP contribution in [0.3, 0.4) is 0 Å². The smallest absolute Gasteiger partial charge is 0.341 e. The number of nitrogens with one attached hydrogen (secondary N) is 1. The Kier molecular flexibility index (Phi) is 5.04. The molecule has 0 fully saturated rings. The average Bonchev–Trinajstić information content (AvgIpc) is 2.91. The number of fused-ring (bicyclic) bond motifs is 1. The molecule has 3 aromatic rings. The number of hydrogen-bond donors (Lipinski definition) is 1. The summed E-state index contributed by atoms with van der Waals surface area (Å²) >= 11 is 12.7. The monoisotopic (exact) mass is 379 g/mol. The Morgan fingerprint density at radius 3 is 2.58 bits per heavy atom. The minimum Gasteiger partial charge on any atom is -0.452 e. The van der Waals surface area contributed by atoms with Crippen molar-refractivity contribution in [3.05, 3.63) is 62.8 Å². The molecule has 0 aliphatic heterocycles. The molecule has 0 radical (unpaired) electrons. The van der Waals surface area contributed by atoms with Gasteiger partial charge < -0.3 is 10.1 Å². The van der Waals surface area contributed by atoms with Crippen molar-refractivity contribution in [3.63, 3.8) is 0 Å². The number of thiophene rings is 1. The maximum absolute atomic E-state index is 12.0. The number of carbonyl (C=O) groups excluding carboxylic acids is 2. The van der Waals surface area contributed by atoms with Gasteiger partial charge in [0, 0.05) is 11.1 Å². The van der Waals surface area contributed by atoms with E-state index in [2.05, 4.69) is 5.32 Å². The van der Waals surface area contributed by atoms with E-state index in [0.717, 1.165) is 22.1 Å². The molecule has 1 heterocycles. The molecule has 0 bridgehead atoms. The Balaban J connectivity index is 1.65. The second kappa shape index (κ2) is 7.21. The third-order valence-corrected chi connectivity index (χ3v) is 4.76. The molecule has 4 nitrogen and oxygen atoms in total. The standard InChI is InChI=1S/C17H11Cl2NO3S/c18-14-8-12(16(19)24-14)17(22)23-9-15(21)20-13-7-3-5-10-4-1-2-6-11(10)13/h1-8H,9H2,(H,20,21). The second-order valence-electron chi connectivity index (χ2n) is 4.89. The first-order chi connectivity index (χ1) is 11.5. The van der Waals surface area contributed by atoms with Crippen molar-refractivity contribution in [2.45, 2.75) is 0 Å². The molecule has 1 aromatic heterocycles. The van der Waals surface area contributed by atoms with Crippen molar-refractivity contribution in [3.8, 4) is 0 Å². The first-order valence-corrected chi connectivity index (χ1v) is 8.51.